The van der Waals surface area contributed by atoms with Gasteiger partial charge in [0, 0.05) is 18.0 Å². The largest absolute Gasteiger partial charge is 0.497 e. The molecule has 0 spiro atoms. The molecule has 1 fully saturated rings. The number of thiocarbonyl (C=S) groups is 1. The van der Waals surface area contributed by atoms with Crippen molar-refractivity contribution in [3.05, 3.63) is 58.0 Å². The standard InChI is InChI=1S/C21H16ClN3O3S3/c1-28-14-6-7-15-16(11-14)30-20(23-15)24-18(26)8-9-25-19(27)17(31-21(25)29)10-12-2-4-13(22)5-3-12/h2-7,10-11H,8-9H2,1H3,(H,23,24,26)/b17-10-. The van der Waals surface area contributed by atoms with Crippen LogP contribution in [0.1, 0.15) is 12.0 Å². The molecule has 1 saturated heterocycles. The van der Waals surface area contributed by atoms with Gasteiger partial charge in [0.25, 0.3) is 5.91 Å². The van der Waals surface area contributed by atoms with Gasteiger partial charge in [-0.1, -0.05) is 59.1 Å². The first-order chi connectivity index (χ1) is 14.9. The molecule has 2 aromatic carbocycles. The fourth-order valence-electron chi connectivity index (χ4n) is 2.88. The van der Waals surface area contributed by atoms with Crippen LogP contribution in [0.5, 0.6) is 5.75 Å². The minimum Gasteiger partial charge on any atom is -0.497 e. The number of hydrogen-bond donors (Lipinski definition) is 1. The first-order valence-electron chi connectivity index (χ1n) is 9.18. The van der Waals surface area contributed by atoms with Gasteiger partial charge in [-0.15, -0.1) is 0 Å². The Morgan fingerprint density at radius 2 is 2.06 bits per heavy atom. The number of amides is 2. The van der Waals surface area contributed by atoms with Gasteiger partial charge in [0.05, 0.1) is 22.2 Å². The SMILES string of the molecule is COc1ccc2nc(NC(=O)CCN3C(=O)/C(=C/c4ccc(Cl)cc4)SC3=S)sc2c1. The van der Waals surface area contributed by atoms with E-state index in [1.54, 1.807) is 25.3 Å². The summed E-state index contributed by atoms with van der Waals surface area (Å²) in [5.41, 5.74) is 1.64. The van der Waals surface area contributed by atoms with E-state index < -0.39 is 0 Å². The van der Waals surface area contributed by atoms with Crippen LogP contribution >= 0.6 is 46.9 Å². The number of carbonyl (C=O) groups excluding carboxylic acids is 2. The molecule has 31 heavy (non-hydrogen) atoms. The second-order valence-corrected chi connectivity index (χ2v) is 9.68. The maximum Gasteiger partial charge on any atom is 0.266 e. The molecule has 0 saturated carbocycles. The number of carbonyl (C=O) groups is 2. The highest BCUT2D eigenvalue weighted by Gasteiger charge is 2.32. The zero-order valence-corrected chi connectivity index (χ0v) is 19.5. The Labute approximate surface area is 197 Å². The highest BCUT2D eigenvalue weighted by Crippen LogP contribution is 2.33. The number of thioether (sulfide) groups is 1. The number of hydrogen-bond acceptors (Lipinski definition) is 7. The van der Waals surface area contributed by atoms with Crippen LogP contribution in [0.4, 0.5) is 5.13 Å². The Bertz CT molecular complexity index is 1210. The Morgan fingerprint density at radius 3 is 2.81 bits per heavy atom. The van der Waals surface area contributed by atoms with E-state index in [9.17, 15) is 9.59 Å². The molecule has 158 valence electrons. The molecule has 2 amide bonds. The van der Waals surface area contributed by atoms with Gasteiger partial charge in [-0.3, -0.25) is 14.5 Å². The van der Waals surface area contributed by atoms with Gasteiger partial charge < -0.3 is 10.1 Å². The van der Waals surface area contributed by atoms with E-state index >= 15 is 0 Å². The van der Waals surface area contributed by atoms with Crippen molar-refractivity contribution in [1.29, 1.82) is 0 Å². The molecule has 1 N–H and O–H groups in total. The van der Waals surface area contributed by atoms with Crippen molar-refractivity contribution in [1.82, 2.24) is 9.88 Å². The zero-order valence-electron chi connectivity index (χ0n) is 16.3. The number of fused-ring (bicyclic) bond motifs is 1. The highest BCUT2D eigenvalue weighted by atomic mass is 35.5. The maximum atomic E-state index is 12.7. The topological polar surface area (TPSA) is 71.5 Å². The zero-order chi connectivity index (χ0) is 22.0. The van der Waals surface area contributed by atoms with Crippen LogP contribution in [0.25, 0.3) is 16.3 Å². The Morgan fingerprint density at radius 1 is 1.29 bits per heavy atom. The average Bonchev–Trinajstić information content (AvgIpc) is 3.27. The van der Waals surface area contributed by atoms with E-state index in [2.05, 4.69) is 10.3 Å². The number of ether oxygens (including phenoxy) is 1. The molecule has 6 nitrogen and oxygen atoms in total. The molecule has 0 bridgehead atoms. The average molecular weight is 490 g/mol. The Balaban J connectivity index is 1.37. The van der Waals surface area contributed by atoms with E-state index in [0.29, 0.717) is 19.4 Å². The van der Waals surface area contributed by atoms with Crippen LogP contribution in [0, 0.1) is 0 Å². The molecule has 2 heterocycles. The summed E-state index contributed by atoms with van der Waals surface area (Å²) in [6, 6.07) is 12.7. The fourth-order valence-corrected chi connectivity index (χ4v) is 5.23. The summed E-state index contributed by atoms with van der Waals surface area (Å²) in [4.78, 5) is 31.5. The molecule has 0 atom stereocenters. The summed E-state index contributed by atoms with van der Waals surface area (Å²) < 4.78 is 6.56. The van der Waals surface area contributed by atoms with Gasteiger partial charge in [0.1, 0.15) is 10.1 Å². The molecule has 10 heteroatoms. The number of aromatic nitrogens is 1. The highest BCUT2D eigenvalue weighted by molar-refractivity contribution is 8.26. The van der Waals surface area contributed by atoms with Crippen molar-refractivity contribution in [2.45, 2.75) is 6.42 Å². The minimum absolute atomic E-state index is 0.111. The summed E-state index contributed by atoms with van der Waals surface area (Å²) in [5, 5.41) is 3.92. The van der Waals surface area contributed by atoms with Crippen LogP contribution in [0.2, 0.25) is 5.02 Å². The van der Waals surface area contributed by atoms with Crippen molar-refractivity contribution in [3.63, 3.8) is 0 Å². The summed E-state index contributed by atoms with van der Waals surface area (Å²) in [6.07, 6.45) is 1.88. The van der Waals surface area contributed by atoms with Crippen molar-refractivity contribution in [2.75, 3.05) is 19.0 Å². The van der Waals surface area contributed by atoms with Gasteiger partial charge >= 0.3 is 0 Å². The maximum absolute atomic E-state index is 12.7. The molecule has 1 aliphatic heterocycles. The van der Waals surface area contributed by atoms with Gasteiger partial charge in [-0.25, -0.2) is 4.98 Å². The van der Waals surface area contributed by atoms with E-state index in [1.165, 1.54) is 28.0 Å². The Hall–Kier alpha value is -2.46. The van der Waals surface area contributed by atoms with Crippen LogP contribution in [-0.4, -0.2) is 39.7 Å². The summed E-state index contributed by atoms with van der Waals surface area (Å²) in [7, 11) is 1.60. The molecule has 0 unspecified atom stereocenters. The lowest BCUT2D eigenvalue weighted by Crippen LogP contribution is -2.31. The van der Waals surface area contributed by atoms with E-state index in [0.717, 1.165) is 21.5 Å². The van der Waals surface area contributed by atoms with E-state index in [4.69, 9.17) is 28.6 Å². The first-order valence-corrected chi connectivity index (χ1v) is 11.6. The van der Waals surface area contributed by atoms with Crippen molar-refractivity contribution in [2.24, 2.45) is 0 Å². The summed E-state index contributed by atoms with van der Waals surface area (Å²) in [6.45, 7) is 0.202. The number of rotatable bonds is 6. The van der Waals surface area contributed by atoms with E-state index in [-0.39, 0.29) is 24.8 Å². The van der Waals surface area contributed by atoms with Crippen LogP contribution < -0.4 is 10.1 Å². The number of nitrogens with one attached hydrogen (secondary N) is 1. The van der Waals surface area contributed by atoms with Gasteiger partial charge in [0.15, 0.2) is 5.13 Å². The molecule has 3 aromatic rings. The second kappa shape index (κ2) is 9.35. The molecule has 0 aliphatic carbocycles. The number of nitrogens with zero attached hydrogens (tertiary/aromatic N) is 2. The van der Waals surface area contributed by atoms with E-state index in [1.807, 2.05) is 30.3 Å². The molecule has 1 aromatic heterocycles. The molecular formula is C21H16ClN3O3S3. The van der Waals surface area contributed by atoms with Crippen molar-refractivity contribution >= 4 is 84.5 Å². The lowest BCUT2D eigenvalue weighted by molar-refractivity contribution is -0.122. The number of benzene rings is 2. The van der Waals surface area contributed by atoms with Gasteiger partial charge in [0.2, 0.25) is 5.91 Å². The molecule has 1 aliphatic rings. The quantitative estimate of drug-likeness (QED) is 0.379. The lowest BCUT2D eigenvalue weighted by atomic mass is 10.2. The third-order valence-electron chi connectivity index (χ3n) is 4.45. The van der Waals surface area contributed by atoms with Gasteiger partial charge in [-0.05, 0) is 42.0 Å². The molecule has 0 radical (unpaired) electrons. The number of halogens is 1. The number of anilines is 1. The number of methoxy groups -OCH3 is 1. The molecule has 4 rings (SSSR count). The van der Waals surface area contributed by atoms with Crippen LogP contribution in [-0.2, 0) is 9.59 Å². The van der Waals surface area contributed by atoms with Gasteiger partial charge in [-0.2, -0.15) is 0 Å². The van der Waals surface area contributed by atoms with Crippen LogP contribution in [0.3, 0.4) is 0 Å². The minimum atomic E-state index is -0.234. The fraction of sp³-hybridized carbons (Fsp3) is 0.143. The van der Waals surface area contributed by atoms with Crippen LogP contribution in [0.15, 0.2) is 47.4 Å². The van der Waals surface area contributed by atoms with Crippen molar-refractivity contribution in [3.8, 4) is 5.75 Å². The first kappa shape index (κ1) is 21.8. The smallest absolute Gasteiger partial charge is 0.266 e. The predicted octanol–water partition coefficient (Wildman–Crippen LogP) is 5.19. The molecular weight excluding hydrogens is 474 g/mol. The second-order valence-electron chi connectivity index (χ2n) is 6.54. The summed E-state index contributed by atoms with van der Waals surface area (Å²) in [5.74, 6) is 0.293. The lowest BCUT2D eigenvalue weighted by Gasteiger charge is -2.13. The third kappa shape index (κ3) is 5.07. The Kier molecular flexibility index (Phi) is 6.57. The number of thiazole rings is 1. The predicted molar refractivity (Wildman–Crippen MR) is 131 cm³/mol. The monoisotopic (exact) mass is 489 g/mol. The normalized spacial score (nSPS) is 15.2. The van der Waals surface area contributed by atoms with Crippen molar-refractivity contribution < 1.29 is 14.3 Å². The third-order valence-corrected chi connectivity index (χ3v) is 7.01. The summed E-state index contributed by atoms with van der Waals surface area (Å²) >= 11 is 13.8.